The Morgan fingerprint density at radius 2 is 1.89 bits per heavy atom. The summed E-state index contributed by atoms with van der Waals surface area (Å²) >= 11 is 0. The van der Waals surface area contributed by atoms with Crippen molar-refractivity contribution < 1.29 is 31.1 Å². The van der Waals surface area contributed by atoms with Crippen LogP contribution in [0, 0.1) is 6.92 Å². The quantitative estimate of drug-likeness (QED) is 0.575. The average Bonchev–Trinajstić information content (AvgIpc) is 2.93. The van der Waals surface area contributed by atoms with Gasteiger partial charge in [0.25, 0.3) is 5.91 Å². The zero-order valence-electron chi connectivity index (χ0n) is 14.0. The van der Waals surface area contributed by atoms with Gasteiger partial charge in [0, 0.05) is 12.7 Å². The number of alkyl halides is 6. The van der Waals surface area contributed by atoms with Gasteiger partial charge < -0.3 is 4.90 Å². The summed E-state index contributed by atoms with van der Waals surface area (Å²) in [7, 11) is 0. The van der Waals surface area contributed by atoms with Crippen LogP contribution in [0.2, 0.25) is 0 Å². The fourth-order valence-electron chi connectivity index (χ4n) is 2.29. The van der Waals surface area contributed by atoms with Gasteiger partial charge in [-0.05, 0) is 19.1 Å². The third kappa shape index (κ3) is 4.86. The van der Waals surface area contributed by atoms with E-state index in [1.54, 1.807) is 0 Å². The predicted molar refractivity (Wildman–Crippen MR) is 83.3 cm³/mol. The zero-order chi connectivity index (χ0) is 20.4. The number of hydrogen-bond donors (Lipinski definition) is 0. The molecule has 0 aromatic carbocycles. The van der Waals surface area contributed by atoms with Gasteiger partial charge >= 0.3 is 12.4 Å². The third-order valence-electron chi connectivity index (χ3n) is 3.54. The minimum absolute atomic E-state index is 0.00866. The van der Waals surface area contributed by atoms with Crippen LogP contribution in [0.1, 0.15) is 21.6 Å². The van der Waals surface area contributed by atoms with E-state index in [0.29, 0.717) is 11.1 Å². The van der Waals surface area contributed by atoms with Gasteiger partial charge in [-0.2, -0.15) is 31.4 Å². The molecule has 11 heteroatoms. The van der Waals surface area contributed by atoms with E-state index in [0.717, 1.165) is 29.1 Å². The zero-order valence-corrected chi connectivity index (χ0v) is 14.0. The van der Waals surface area contributed by atoms with Gasteiger partial charge in [0.1, 0.15) is 6.54 Å². The van der Waals surface area contributed by atoms with E-state index >= 15 is 0 Å². The fraction of sp³-hybridized carbons (Fsp3) is 0.312. The van der Waals surface area contributed by atoms with E-state index in [4.69, 9.17) is 0 Å². The molecule has 0 spiro atoms. The van der Waals surface area contributed by atoms with Gasteiger partial charge in [0.15, 0.2) is 5.82 Å². The van der Waals surface area contributed by atoms with Crippen LogP contribution in [0.15, 0.2) is 37.2 Å². The van der Waals surface area contributed by atoms with Crippen molar-refractivity contribution in [3.63, 3.8) is 0 Å². The number of carbonyl (C=O) groups is 1. The van der Waals surface area contributed by atoms with Gasteiger partial charge in [-0.25, -0.2) is 9.67 Å². The molecule has 0 saturated carbocycles. The minimum Gasteiger partial charge on any atom is -0.326 e. The highest BCUT2D eigenvalue weighted by Gasteiger charge is 2.34. The Kier molecular flexibility index (Phi) is 5.62. The Balaban J connectivity index is 2.32. The molecule has 0 fully saturated rings. The van der Waals surface area contributed by atoms with Crippen LogP contribution in [0.3, 0.4) is 0 Å². The van der Waals surface area contributed by atoms with Crippen molar-refractivity contribution in [2.75, 3.05) is 13.1 Å². The van der Waals surface area contributed by atoms with Crippen LogP contribution >= 0.6 is 0 Å². The maximum absolute atomic E-state index is 12.7. The van der Waals surface area contributed by atoms with Crippen molar-refractivity contribution in [3.05, 3.63) is 54.0 Å². The lowest BCUT2D eigenvalue weighted by molar-refractivity contribution is -0.140. The summed E-state index contributed by atoms with van der Waals surface area (Å²) in [4.78, 5) is 16.6. The highest BCUT2D eigenvalue weighted by atomic mass is 19.4. The van der Waals surface area contributed by atoms with Crippen molar-refractivity contribution in [3.8, 4) is 5.82 Å². The second kappa shape index (κ2) is 7.41. The lowest BCUT2D eigenvalue weighted by atomic mass is 10.2. The topological polar surface area (TPSA) is 51.0 Å². The van der Waals surface area contributed by atoms with E-state index in [2.05, 4.69) is 16.7 Å². The number of rotatable bonds is 5. The summed E-state index contributed by atoms with van der Waals surface area (Å²) in [5.41, 5.74) is -0.944. The smallest absolute Gasteiger partial charge is 0.326 e. The molecule has 0 atom stereocenters. The van der Waals surface area contributed by atoms with E-state index < -0.39 is 30.4 Å². The minimum atomic E-state index is -4.60. The molecule has 146 valence electrons. The lowest BCUT2D eigenvalue weighted by Gasteiger charge is -2.22. The molecule has 0 aliphatic heterocycles. The highest BCUT2D eigenvalue weighted by molar-refractivity contribution is 5.95. The van der Waals surface area contributed by atoms with Crippen molar-refractivity contribution in [2.45, 2.75) is 19.3 Å². The molecule has 2 aromatic heterocycles. The Bertz CT molecular complexity index is 823. The number of nitrogens with zero attached hydrogens (tertiary/aromatic N) is 4. The second-order valence-corrected chi connectivity index (χ2v) is 5.55. The Morgan fingerprint density at radius 1 is 1.22 bits per heavy atom. The van der Waals surface area contributed by atoms with E-state index in [-0.39, 0.29) is 23.6 Å². The van der Waals surface area contributed by atoms with Crippen molar-refractivity contribution in [2.24, 2.45) is 0 Å². The monoisotopic (exact) mass is 392 g/mol. The average molecular weight is 392 g/mol. The second-order valence-electron chi connectivity index (χ2n) is 5.55. The summed E-state index contributed by atoms with van der Waals surface area (Å²) in [6.07, 6.45) is -6.36. The Labute approximate surface area is 149 Å². The first-order valence-electron chi connectivity index (χ1n) is 7.49. The molecule has 2 aromatic rings. The van der Waals surface area contributed by atoms with Crippen molar-refractivity contribution >= 4 is 5.91 Å². The standard InChI is InChI=1S/C16H14F6N4O/c1-3-6-25(9-15(17,18)19)14(27)12-8-24-26(10(12)2)13-5-4-11(7-23-13)16(20,21)22/h3-5,7-8H,1,6,9H2,2H3. The van der Waals surface area contributed by atoms with E-state index in [1.807, 2.05) is 0 Å². The Morgan fingerprint density at radius 3 is 2.37 bits per heavy atom. The predicted octanol–water partition coefficient (Wildman–Crippen LogP) is 3.79. The molecule has 5 nitrogen and oxygen atoms in total. The molecule has 2 heterocycles. The highest BCUT2D eigenvalue weighted by Crippen LogP contribution is 2.29. The molecule has 0 N–H and O–H groups in total. The summed E-state index contributed by atoms with van der Waals surface area (Å²) in [5, 5.41) is 3.86. The van der Waals surface area contributed by atoms with Crippen LogP contribution < -0.4 is 0 Å². The molecule has 0 bridgehead atoms. The number of carbonyl (C=O) groups excluding carboxylic acids is 1. The molecule has 0 unspecified atom stereocenters. The van der Waals surface area contributed by atoms with Crippen LogP contribution in [-0.2, 0) is 6.18 Å². The summed E-state index contributed by atoms with van der Waals surface area (Å²) in [5.74, 6) is -0.937. The number of pyridine rings is 1. The van der Waals surface area contributed by atoms with Gasteiger partial charge in [-0.3, -0.25) is 4.79 Å². The summed E-state index contributed by atoms with van der Waals surface area (Å²) < 4.78 is 76.8. The van der Waals surface area contributed by atoms with Crippen LogP contribution in [0.5, 0.6) is 0 Å². The summed E-state index contributed by atoms with van der Waals surface area (Å²) in [6, 6.07) is 1.84. The van der Waals surface area contributed by atoms with Crippen molar-refractivity contribution in [1.82, 2.24) is 19.7 Å². The molecule has 1 amide bonds. The number of halogens is 6. The SMILES string of the molecule is C=CCN(CC(F)(F)F)C(=O)c1cnn(-c2ccc(C(F)(F)F)cn2)c1C. The molecular formula is C16H14F6N4O. The number of hydrogen-bond acceptors (Lipinski definition) is 3. The first-order chi connectivity index (χ1) is 12.4. The molecule has 27 heavy (non-hydrogen) atoms. The molecule has 0 aliphatic carbocycles. The molecule has 0 saturated heterocycles. The van der Waals surface area contributed by atoms with Gasteiger partial charge in [0.05, 0.1) is 23.0 Å². The third-order valence-corrected chi connectivity index (χ3v) is 3.54. The fourth-order valence-corrected chi connectivity index (χ4v) is 2.29. The largest absolute Gasteiger partial charge is 0.417 e. The van der Waals surface area contributed by atoms with Gasteiger partial charge in [0.2, 0.25) is 0 Å². The van der Waals surface area contributed by atoms with E-state index in [9.17, 15) is 31.1 Å². The van der Waals surface area contributed by atoms with Gasteiger partial charge in [-0.1, -0.05) is 6.08 Å². The van der Waals surface area contributed by atoms with E-state index in [1.165, 1.54) is 6.92 Å². The first kappa shape index (κ1) is 20.5. The van der Waals surface area contributed by atoms with Crippen molar-refractivity contribution in [1.29, 1.82) is 0 Å². The summed E-state index contributed by atoms with van der Waals surface area (Å²) in [6.45, 7) is 2.92. The maximum atomic E-state index is 12.7. The molecule has 0 aliphatic rings. The van der Waals surface area contributed by atoms with Crippen LogP contribution in [0.25, 0.3) is 5.82 Å². The number of amides is 1. The van der Waals surface area contributed by atoms with Crippen LogP contribution in [0.4, 0.5) is 26.3 Å². The Hall–Kier alpha value is -2.85. The molecule has 2 rings (SSSR count). The normalized spacial score (nSPS) is 12.1. The molecule has 0 radical (unpaired) electrons. The maximum Gasteiger partial charge on any atom is 0.417 e. The molecular weight excluding hydrogens is 378 g/mol. The van der Waals surface area contributed by atoms with Crippen LogP contribution in [-0.4, -0.2) is 44.8 Å². The lowest BCUT2D eigenvalue weighted by Crippen LogP contribution is -2.39. The first-order valence-corrected chi connectivity index (χ1v) is 7.49. The number of aromatic nitrogens is 3. The van der Waals surface area contributed by atoms with Gasteiger partial charge in [-0.15, -0.1) is 6.58 Å².